The molecule has 0 fully saturated rings. The third kappa shape index (κ3) is 5.17. The lowest BCUT2D eigenvalue weighted by Gasteiger charge is -2.19. The summed E-state index contributed by atoms with van der Waals surface area (Å²) in [5.74, 6) is 1.20. The van der Waals surface area contributed by atoms with Crippen molar-refractivity contribution in [1.29, 1.82) is 0 Å². The number of hydrogen-bond donors (Lipinski definition) is 1. The van der Waals surface area contributed by atoms with Crippen LogP contribution in [0.2, 0.25) is 5.02 Å². The van der Waals surface area contributed by atoms with Gasteiger partial charge in [-0.15, -0.1) is 0 Å². The average Bonchev–Trinajstić information content (AvgIpc) is 2.55. The first-order valence-electron chi connectivity index (χ1n) is 7.95. The van der Waals surface area contributed by atoms with E-state index in [9.17, 15) is 4.79 Å². The van der Waals surface area contributed by atoms with Crippen LogP contribution < -0.4 is 14.8 Å². The van der Waals surface area contributed by atoms with Gasteiger partial charge in [-0.2, -0.15) is 0 Å². The fourth-order valence-corrected chi connectivity index (χ4v) is 2.41. The Labute approximate surface area is 147 Å². The van der Waals surface area contributed by atoms with Crippen molar-refractivity contribution in [3.63, 3.8) is 0 Å². The van der Waals surface area contributed by atoms with Crippen LogP contribution in [-0.2, 0) is 4.79 Å². The minimum Gasteiger partial charge on any atom is -0.494 e. The molecule has 0 aliphatic heterocycles. The summed E-state index contributed by atoms with van der Waals surface area (Å²) in [6.07, 6.45) is -0.617. The van der Waals surface area contributed by atoms with Crippen molar-refractivity contribution in [3.8, 4) is 11.5 Å². The van der Waals surface area contributed by atoms with Gasteiger partial charge in [0.05, 0.1) is 12.6 Å². The van der Waals surface area contributed by atoms with Gasteiger partial charge in [-0.25, -0.2) is 0 Å². The highest BCUT2D eigenvalue weighted by Gasteiger charge is 2.18. The van der Waals surface area contributed by atoms with Crippen LogP contribution in [0.1, 0.15) is 32.4 Å². The summed E-state index contributed by atoms with van der Waals surface area (Å²) in [5, 5.41) is 3.52. The van der Waals surface area contributed by atoms with E-state index in [0.717, 1.165) is 11.3 Å². The summed E-state index contributed by atoms with van der Waals surface area (Å²) in [4.78, 5) is 12.3. The monoisotopic (exact) mass is 347 g/mol. The molecule has 2 aromatic carbocycles. The molecule has 1 amide bonds. The molecule has 0 bridgehead atoms. The van der Waals surface area contributed by atoms with Gasteiger partial charge in [0.15, 0.2) is 6.10 Å². The molecule has 2 aromatic rings. The van der Waals surface area contributed by atoms with E-state index >= 15 is 0 Å². The van der Waals surface area contributed by atoms with Crippen molar-refractivity contribution in [2.24, 2.45) is 0 Å². The molecule has 0 aliphatic rings. The molecule has 2 rings (SSSR count). The van der Waals surface area contributed by atoms with Crippen LogP contribution in [0.5, 0.6) is 11.5 Å². The number of carbonyl (C=O) groups excluding carboxylic acids is 1. The summed E-state index contributed by atoms with van der Waals surface area (Å²) >= 11 is 5.92. The molecular formula is C19H22ClNO3. The zero-order valence-electron chi connectivity index (χ0n) is 14.1. The lowest BCUT2D eigenvalue weighted by Crippen LogP contribution is -2.37. The van der Waals surface area contributed by atoms with E-state index in [-0.39, 0.29) is 11.9 Å². The predicted molar refractivity (Wildman–Crippen MR) is 95.7 cm³/mol. The second-order valence-electron chi connectivity index (χ2n) is 5.45. The van der Waals surface area contributed by atoms with Gasteiger partial charge in [0.2, 0.25) is 0 Å². The molecule has 4 nitrogen and oxygen atoms in total. The molecule has 1 N–H and O–H groups in total. The van der Waals surface area contributed by atoms with Gasteiger partial charge in [0.25, 0.3) is 5.91 Å². The third-order valence-corrected chi connectivity index (χ3v) is 3.76. The third-order valence-electron chi connectivity index (χ3n) is 3.53. The maximum atomic E-state index is 12.3. The molecule has 24 heavy (non-hydrogen) atoms. The van der Waals surface area contributed by atoms with Gasteiger partial charge in [0, 0.05) is 5.02 Å². The molecule has 0 radical (unpaired) electrons. The van der Waals surface area contributed by atoms with E-state index in [1.54, 1.807) is 31.2 Å². The molecule has 128 valence electrons. The van der Waals surface area contributed by atoms with Crippen molar-refractivity contribution in [2.45, 2.75) is 32.9 Å². The Morgan fingerprint density at radius 1 is 1.12 bits per heavy atom. The van der Waals surface area contributed by atoms with Crippen molar-refractivity contribution in [1.82, 2.24) is 5.32 Å². The second-order valence-corrected chi connectivity index (χ2v) is 5.89. The van der Waals surface area contributed by atoms with Crippen LogP contribution in [0, 0.1) is 0 Å². The molecule has 0 unspecified atom stereocenters. The quantitative estimate of drug-likeness (QED) is 0.808. The Balaban J connectivity index is 1.92. The Kier molecular flexibility index (Phi) is 6.50. The van der Waals surface area contributed by atoms with Crippen molar-refractivity contribution >= 4 is 17.5 Å². The molecule has 0 saturated heterocycles. The Hall–Kier alpha value is -2.20. The summed E-state index contributed by atoms with van der Waals surface area (Å²) in [7, 11) is 0. The Morgan fingerprint density at radius 2 is 1.83 bits per heavy atom. The summed E-state index contributed by atoms with van der Waals surface area (Å²) in [6, 6.07) is 14.5. The summed E-state index contributed by atoms with van der Waals surface area (Å²) in [5.41, 5.74) is 1.00. The molecule has 0 heterocycles. The summed E-state index contributed by atoms with van der Waals surface area (Å²) < 4.78 is 11.0. The van der Waals surface area contributed by atoms with Crippen molar-refractivity contribution < 1.29 is 14.3 Å². The van der Waals surface area contributed by atoms with Gasteiger partial charge < -0.3 is 14.8 Å². The minimum atomic E-state index is -0.617. The number of hydrogen-bond acceptors (Lipinski definition) is 3. The molecule has 0 spiro atoms. The first kappa shape index (κ1) is 18.1. The van der Waals surface area contributed by atoms with Crippen LogP contribution in [0.4, 0.5) is 0 Å². The molecule has 0 aliphatic carbocycles. The van der Waals surface area contributed by atoms with Gasteiger partial charge in [-0.3, -0.25) is 4.79 Å². The zero-order valence-corrected chi connectivity index (χ0v) is 14.8. The van der Waals surface area contributed by atoms with E-state index in [2.05, 4.69) is 5.32 Å². The number of halogens is 1. The number of rotatable bonds is 7. The lowest BCUT2D eigenvalue weighted by molar-refractivity contribution is -0.127. The Bertz CT molecular complexity index is 673. The number of ether oxygens (including phenoxy) is 2. The number of amides is 1. The van der Waals surface area contributed by atoms with Gasteiger partial charge in [-0.05, 0) is 56.7 Å². The highest BCUT2D eigenvalue weighted by atomic mass is 35.5. The standard InChI is InChI=1S/C19H22ClNO3/c1-4-23-17-10-8-15(9-11-17)13(2)21-19(22)14(3)24-18-7-5-6-16(20)12-18/h5-14H,4H2,1-3H3,(H,21,22)/t13-,14+/m1/s1. The smallest absolute Gasteiger partial charge is 0.261 e. The minimum absolute atomic E-state index is 0.126. The van der Waals surface area contributed by atoms with E-state index < -0.39 is 6.10 Å². The SMILES string of the molecule is CCOc1ccc([C@@H](C)NC(=O)[C@H](C)Oc2cccc(Cl)c2)cc1. The normalized spacial score (nSPS) is 13.0. The average molecular weight is 348 g/mol. The van der Waals surface area contributed by atoms with Gasteiger partial charge >= 0.3 is 0 Å². The van der Waals surface area contributed by atoms with Crippen LogP contribution >= 0.6 is 11.6 Å². The van der Waals surface area contributed by atoms with Crippen LogP contribution in [0.3, 0.4) is 0 Å². The molecule has 5 heteroatoms. The van der Waals surface area contributed by atoms with Crippen molar-refractivity contribution in [2.75, 3.05) is 6.61 Å². The van der Waals surface area contributed by atoms with Gasteiger partial charge in [-0.1, -0.05) is 29.8 Å². The van der Waals surface area contributed by atoms with Gasteiger partial charge in [0.1, 0.15) is 11.5 Å². The van der Waals surface area contributed by atoms with E-state index in [1.165, 1.54) is 0 Å². The summed E-state index contributed by atoms with van der Waals surface area (Å²) in [6.45, 7) is 6.21. The fraction of sp³-hybridized carbons (Fsp3) is 0.316. The highest BCUT2D eigenvalue weighted by Crippen LogP contribution is 2.20. The van der Waals surface area contributed by atoms with E-state index in [0.29, 0.717) is 17.4 Å². The lowest BCUT2D eigenvalue weighted by atomic mass is 10.1. The first-order chi connectivity index (χ1) is 11.5. The molecular weight excluding hydrogens is 326 g/mol. The van der Waals surface area contributed by atoms with E-state index in [4.69, 9.17) is 21.1 Å². The van der Waals surface area contributed by atoms with Crippen LogP contribution in [0.15, 0.2) is 48.5 Å². The maximum Gasteiger partial charge on any atom is 0.261 e. The number of carbonyl (C=O) groups is 1. The first-order valence-corrected chi connectivity index (χ1v) is 8.32. The number of nitrogens with one attached hydrogen (secondary N) is 1. The van der Waals surface area contributed by atoms with Crippen LogP contribution in [0.25, 0.3) is 0 Å². The zero-order chi connectivity index (χ0) is 17.5. The Morgan fingerprint density at radius 3 is 2.46 bits per heavy atom. The highest BCUT2D eigenvalue weighted by molar-refractivity contribution is 6.30. The topological polar surface area (TPSA) is 47.6 Å². The largest absolute Gasteiger partial charge is 0.494 e. The second kappa shape index (κ2) is 8.60. The predicted octanol–water partition coefficient (Wildman–Crippen LogP) is 4.38. The molecule has 0 saturated carbocycles. The van der Waals surface area contributed by atoms with Crippen LogP contribution in [-0.4, -0.2) is 18.6 Å². The van der Waals surface area contributed by atoms with Crippen molar-refractivity contribution in [3.05, 3.63) is 59.1 Å². The molecule has 2 atom stereocenters. The molecule has 0 aromatic heterocycles. The number of benzene rings is 2. The maximum absolute atomic E-state index is 12.3. The fourth-order valence-electron chi connectivity index (χ4n) is 2.23. The van der Waals surface area contributed by atoms with E-state index in [1.807, 2.05) is 38.1 Å².